The van der Waals surface area contributed by atoms with Crippen molar-refractivity contribution in [3.8, 4) is 0 Å². The standard InChI is InChI=1S/C17H26O2/c1-5-13(17(18)19-4)15-9-7-12(3)14-8-6-11(2)10-16(14)15/h5,10,12,14-16H,6-9H2,1-4H3/b13-5-/t12-,14+,15?,16+/m1/s1. The maximum Gasteiger partial charge on any atom is 0.333 e. The number of carbonyl (C=O) groups excluding carboxylic acids is 1. The summed E-state index contributed by atoms with van der Waals surface area (Å²) >= 11 is 0. The number of hydrogen-bond donors (Lipinski definition) is 0. The topological polar surface area (TPSA) is 26.3 Å². The third-order valence-corrected chi connectivity index (χ3v) is 5.10. The van der Waals surface area contributed by atoms with Crippen molar-refractivity contribution >= 4 is 5.97 Å². The maximum absolute atomic E-state index is 12.0. The van der Waals surface area contributed by atoms with E-state index >= 15 is 0 Å². The normalized spacial score (nSPS) is 35.4. The van der Waals surface area contributed by atoms with Crippen molar-refractivity contribution in [1.29, 1.82) is 0 Å². The van der Waals surface area contributed by atoms with E-state index < -0.39 is 0 Å². The molecule has 1 fully saturated rings. The SMILES string of the molecule is C/C=C(\C(=O)OC)C1CC[C@@H](C)[C@@H]2CCC(C)=C[C@H]12. The van der Waals surface area contributed by atoms with E-state index in [1.807, 2.05) is 13.0 Å². The molecular formula is C17H26O2. The van der Waals surface area contributed by atoms with Gasteiger partial charge in [-0.05, 0) is 63.2 Å². The summed E-state index contributed by atoms with van der Waals surface area (Å²) in [6.45, 7) is 6.55. The zero-order chi connectivity index (χ0) is 14.0. The van der Waals surface area contributed by atoms with E-state index in [9.17, 15) is 4.79 Å². The summed E-state index contributed by atoms with van der Waals surface area (Å²) in [6, 6.07) is 0. The van der Waals surface area contributed by atoms with Gasteiger partial charge < -0.3 is 4.74 Å². The van der Waals surface area contributed by atoms with E-state index in [0.29, 0.717) is 11.8 Å². The predicted octanol–water partition coefficient (Wildman–Crippen LogP) is 4.12. The number of esters is 1. The number of fused-ring (bicyclic) bond motifs is 1. The van der Waals surface area contributed by atoms with Crippen molar-refractivity contribution in [2.45, 2.75) is 46.5 Å². The lowest BCUT2D eigenvalue weighted by Gasteiger charge is -2.44. The quantitative estimate of drug-likeness (QED) is 0.425. The summed E-state index contributed by atoms with van der Waals surface area (Å²) in [5.74, 6) is 2.26. The van der Waals surface area contributed by atoms with Gasteiger partial charge in [0, 0.05) is 5.57 Å². The van der Waals surface area contributed by atoms with Crippen LogP contribution in [0, 0.1) is 23.7 Å². The van der Waals surface area contributed by atoms with Gasteiger partial charge in [0.1, 0.15) is 0 Å². The molecule has 0 radical (unpaired) electrons. The Hall–Kier alpha value is -1.05. The lowest BCUT2D eigenvalue weighted by molar-refractivity contribution is -0.137. The Balaban J connectivity index is 2.29. The Morgan fingerprint density at radius 3 is 2.74 bits per heavy atom. The minimum atomic E-state index is -0.141. The van der Waals surface area contributed by atoms with Gasteiger partial charge in [-0.15, -0.1) is 0 Å². The molecule has 19 heavy (non-hydrogen) atoms. The molecule has 0 aromatic carbocycles. The Bertz CT molecular complexity index is 405. The molecule has 0 N–H and O–H groups in total. The first-order valence-corrected chi connectivity index (χ1v) is 7.50. The third kappa shape index (κ3) is 2.77. The van der Waals surface area contributed by atoms with Gasteiger partial charge in [0.2, 0.25) is 0 Å². The van der Waals surface area contributed by atoms with Crippen molar-refractivity contribution < 1.29 is 9.53 Å². The van der Waals surface area contributed by atoms with Crippen LogP contribution in [0.3, 0.4) is 0 Å². The number of hydrogen-bond acceptors (Lipinski definition) is 2. The van der Waals surface area contributed by atoms with Crippen LogP contribution >= 0.6 is 0 Å². The van der Waals surface area contributed by atoms with E-state index in [4.69, 9.17) is 4.74 Å². The van der Waals surface area contributed by atoms with Gasteiger partial charge in [-0.25, -0.2) is 4.79 Å². The molecule has 2 aliphatic carbocycles. The summed E-state index contributed by atoms with van der Waals surface area (Å²) in [5.41, 5.74) is 2.37. The second kappa shape index (κ2) is 5.94. The highest BCUT2D eigenvalue weighted by atomic mass is 16.5. The number of rotatable bonds is 2. The van der Waals surface area contributed by atoms with Crippen LogP contribution in [0.25, 0.3) is 0 Å². The molecule has 2 rings (SSSR count). The first-order valence-electron chi connectivity index (χ1n) is 7.50. The van der Waals surface area contributed by atoms with Crippen LogP contribution in [-0.2, 0) is 9.53 Å². The van der Waals surface area contributed by atoms with E-state index in [1.54, 1.807) is 0 Å². The zero-order valence-corrected chi connectivity index (χ0v) is 12.6. The summed E-state index contributed by atoms with van der Waals surface area (Å²) in [7, 11) is 1.48. The number of methoxy groups -OCH3 is 1. The highest BCUT2D eigenvalue weighted by Gasteiger charge is 2.40. The summed E-state index contributed by atoms with van der Waals surface area (Å²) < 4.78 is 4.96. The van der Waals surface area contributed by atoms with E-state index in [2.05, 4.69) is 19.9 Å². The lowest BCUT2D eigenvalue weighted by atomic mass is 9.61. The molecule has 0 amide bonds. The van der Waals surface area contributed by atoms with Gasteiger partial charge in [0.05, 0.1) is 7.11 Å². The van der Waals surface area contributed by atoms with Gasteiger partial charge in [-0.1, -0.05) is 24.6 Å². The first kappa shape index (κ1) is 14.4. The molecule has 1 saturated carbocycles. The fraction of sp³-hybridized carbons (Fsp3) is 0.706. The van der Waals surface area contributed by atoms with Crippen LogP contribution in [0.15, 0.2) is 23.3 Å². The molecule has 1 unspecified atom stereocenters. The molecule has 0 spiro atoms. The van der Waals surface area contributed by atoms with Gasteiger partial charge in [-0.2, -0.15) is 0 Å². The Kier molecular flexibility index (Phi) is 4.49. The molecule has 0 aromatic rings. The smallest absolute Gasteiger partial charge is 0.333 e. The zero-order valence-electron chi connectivity index (χ0n) is 12.6. The van der Waals surface area contributed by atoms with Crippen molar-refractivity contribution in [3.63, 3.8) is 0 Å². The summed E-state index contributed by atoms with van der Waals surface area (Å²) in [5, 5.41) is 0. The molecule has 0 aromatic heterocycles. The second-order valence-electron chi connectivity index (χ2n) is 6.19. The van der Waals surface area contributed by atoms with Gasteiger partial charge >= 0.3 is 5.97 Å². The first-order chi connectivity index (χ1) is 9.08. The Morgan fingerprint density at radius 1 is 1.37 bits per heavy atom. The molecule has 4 atom stereocenters. The molecule has 0 aliphatic heterocycles. The van der Waals surface area contributed by atoms with Crippen molar-refractivity contribution in [2.75, 3.05) is 7.11 Å². The van der Waals surface area contributed by atoms with Crippen LogP contribution in [0.4, 0.5) is 0 Å². The van der Waals surface area contributed by atoms with Gasteiger partial charge in [0.25, 0.3) is 0 Å². The Morgan fingerprint density at radius 2 is 2.11 bits per heavy atom. The summed E-state index contributed by atoms with van der Waals surface area (Å²) in [6.07, 6.45) is 9.24. The van der Waals surface area contributed by atoms with Gasteiger partial charge in [0.15, 0.2) is 0 Å². The van der Waals surface area contributed by atoms with Crippen molar-refractivity contribution in [1.82, 2.24) is 0 Å². The minimum absolute atomic E-state index is 0.141. The number of allylic oxidation sites excluding steroid dienone is 3. The molecule has 106 valence electrons. The predicted molar refractivity (Wildman–Crippen MR) is 77.6 cm³/mol. The number of carbonyl (C=O) groups is 1. The van der Waals surface area contributed by atoms with E-state index in [-0.39, 0.29) is 5.97 Å². The average Bonchev–Trinajstić information content (AvgIpc) is 2.41. The van der Waals surface area contributed by atoms with Gasteiger partial charge in [-0.3, -0.25) is 0 Å². The maximum atomic E-state index is 12.0. The molecule has 2 nitrogen and oxygen atoms in total. The molecule has 0 heterocycles. The molecule has 0 bridgehead atoms. The fourth-order valence-electron chi connectivity index (χ4n) is 4.01. The minimum Gasteiger partial charge on any atom is -0.466 e. The highest BCUT2D eigenvalue weighted by molar-refractivity contribution is 5.89. The summed E-state index contributed by atoms with van der Waals surface area (Å²) in [4.78, 5) is 12.0. The van der Waals surface area contributed by atoms with Crippen LogP contribution in [0.1, 0.15) is 46.5 Å². The monoisotopic (exact) mass is 262 g/mol. The largest absolute Gasteiger partial charge is 0.466 e. The molecule has 2 aliphatic rings. The van der Waals surface area contributed by atoms with Crippen LogP contribution in [0.5, 0.6) is 0 Å². The van der Waals surface area contributed by atoms with E-state index in [1.165, 1.54) is 31.9 Å². The average molecular weight is 262 g/mol. The van der Waals surface area contributed by atoms with Crippen LogP contribution in [0.2, 0.25) is 0 Å². The molecule has 0 saturated heterocycles. The van der Waals surface area contributed by atoms with Crippen LogP contribution < -0.4 is 0 Å². The number of ether oxygens (including phenoxy) is 1. The lowest BCUT2D eigenvalue weighted by Crippen LogP contribution is -2.37. The van der Waals surface area contributed by atoms with Crippen molar-refractivity contribution in [2.24, 2.45) is 23.7 Å². The Labute approximate surface area is 116 Å². The van der Waals surface area contributed by atoms with E-state index in [0.717, 1.165) is 23.8 Å². The molecule has 2 heteroatoms. The van der Waals surface area contributed by atoms with Crippen LogP contribution in [-0.4, -0.2) is 13.1 Å². The molecular weight excluding hydrogens is 236 g/mol. The second-order valence-corrected chi connectivity index (χ2v) is 6.19. The van der Waals surface area contributed by atoms with Crippen molar-refractivity contribution in [3.05, 3.63) is 23.3 Å². The third-order valence-electron chi connectivity index (χ3n) is 5.10. The highest BCUT2D eigenvalue weighted by Crippen LogP contribution is 2.48. The fourth-order valence-corrected chi connectivity index (χ4v) is 4.01.